The summed E-state index contributed by atoms with van der Waals surface area (Å²) in [6.07, 6.45) is 0. The highest BCUT2D eigenvalue weighted by Gasteiger charge is 2.14. The largest absolute Gasteiger partial charge is 0.465 e. The summed E-state index contributed by atoms with van der Waals surface area (Å²) in [6.45, 7) is 0. The Hall–Kier alpha value is -1.47. The van der Waals surface area contributed by atoms with Crippen LogP contribution in [0.4, 0.5) is 0 Å². The molecule has 0 aliphatic carbocycles. The van der Waals surface area contributed by atoms with Crippen LogP contribution < -0.4 is 0 Å². The van der Waals surface area contributed by atoms with E-state index >= 15 is 0 Å². The van der Waals surface area contributed by atoms with E-state index in [0.717, 1.165) is 0 Å². The Balaban J connectivity index is 3.33. The number of thiol groups is 1. The van der Waals surface area contributed by atoms with Crippen molar-refractivity contribution in [1.29, 1.82) is 5.26 Å². The molecule has 0 N–H and O–H groups in total. The van der Waals surface area contributed by atoms with E-state index in [-0.39, 0.29) is 11.1 Å². The number of ether oxygens (including phenoxy) is 1. The third-order valence-electron chi connectivity index (χ3n) is 1.55. The van der Waals surface area contributed by atoms with Crippen molar-refractivity contribution in [3.63, 3.8) is 0 Å². The van der Waals surface area contributed by atoms with Gasteiger partial charge in [0.2, 0.25) is 0 Å². The van der Waals surface area contributed by atoms with Gasteiger partial charge in [-0.3, -0.25) is 0 Å². The van der Waals surface area contributed by atoms with E-state index in [9.17, 15) is 4.79 Å². The van der Waals surface area contributed by atoms with Gasteiger partial charge in [0, 0.05) is 4.90 Å². The molecular weight excluding hydrogens is 186 g/mol. The molecule has 0 unspecified atom stereocenters. The fourth-order valence-electron chi connectivity index (χ4n) is 0.950. The van der Waals surface area contributed by atoms with Crippen LogP contribution in [0.3, 0.4) is 0 Å². The van der Waals surface area contributed by atoms with Crippen LogP contribution in [0.1, 0.15) is 15.9 Å². The average Bonchev–Trinajstić information content (AvgIpc) is 2.16. The van der Waals surface area contributed by atoms with E-state index in [1.165, 1.54) is 7.11 Å². The lowest BCUT2D eigenvalue weighted by molar-refractivity contribution is 0.0596. The zero-order valence-electron chi connectivity index (χ0n) is 6.94. The molecule has 0 amide bonds. The Kier molecular flexibility index (Phi) is 2.93. The number of methoxy groups -OCH3 is 1. The van der Waals surface area contributed by atoms with Gasteiger partial charge < -0.3 is 4.74 Å². The highest BCUT2D eigenvalue weighted by atomic mass is 32.1. The lowest BCUT2D eigenvalue weighted by Crippen LogP contribution is -2.05. The molecule has 0 aromatic heterocycles. The van der Waals surface area contributed by atoms with E-state index in [0.29, 0.717) is 4.90 Å². The van der Waals surface area contributed by atoms with Crippen molar-refractivity contribution < 1.29 is 9.53 Å². The van der Waals surface area contributed by atoms with Gasteiger partial charge in [-0.2, -0.15) is 5.26 Å². The second-order valence-corrected chi connectivity index (χ2v) is 2.78. The molecule has 13 heavy (non-hydrogen) atoms. The quantitative estimate of drug-likeness (QED) is 0.544. The molecule has 4 heteroatoms. The molecule has 0 radical (unpaired) electrons. The zero-order chi connectivity index (χ0) is 9.84. The summed E-state index contributed by atoms with van der Waals surface area (Å²) in [6, 6.07) is 6.74. The van der Waals surface area contributed by atoms with Gasteiger partial charge in [-0.05, 0) is 12.1 Å². The summed E-state index contributed by atoms with van der Waals surface area (Å²) in [5.41, 5.74) is 0.496. The lowest BCUT2D eigenvalue weighted by atomic mass is 10.1. The fourth-order valence-corrected chi connectivity index (χ4v) is 1.25. The van der Waals surface area contributed by atoms with Crippen molar-refractivity contribution in [3.8, 4) is 6.07 Å². The Morgan fingerprint density at radius 3 is 2.85 bits per heavy atom. The normalized spacial score (nSPS) is 9.00. The summed E-state index contributed by atoms with van der Waals surface area (Å²) in [5.74, 6) is -0.540. The van der Waals surface area contributed by atoms with Gasteiger partial charge in [-0.25, -0.2) is 4.79 Å². The van der Waals surface area contributed by atoms with Crippen LogP contribution in [0.5, 0.6) is 0 Å². The number of nitrogens with zero attached hydrogens (tertiary/aromatic N) is 1. The Bertz CT molecular complexity index is 382. The molecule has 0 atom stereocenters. The number of nitriles is 1. The van der Waals surface area contributed by atoms with Gasteiger partial charge in [0.05, 0.1) is 18.2 Å². The van der Waals surface area contributed by atoms with Gasteiger partial charge in [0.15, 0.2) is 0 Å². The molecule has 0 aliphatic heterocycles. The number of carbonyl (C=O) groups is 1. The highest BCUT2D eigenvalue weighted by Crippen LogP contribution is 2.18. The van der Waals surface area contributed by atoms with Crippen molar-refractivity contribution in [2.24, 2.45) is 0 Å². The summed E-state index contributed by atoms with van der Waals surface area (Å²) in [4.78, 5) is 11.6. The number of carbonyl (C=O) groups excluding carboxylic acids is 1. The third-order valence-corrected chi connectivity index (χ3v) is 1.93. The molecular formula is C9H7NO2S. The molecule has 1 aromatic carbocycles. The summed E-state index contributed by atoms with van der Waals surface area (Å²) in [7, 11) is 1.27. The first kappa shape index (κ1) is 9.62. The Morgan fingerprint density at radius 2 is 2.31 bits per heavy atom. The Labute approximate surface area is 81.3 Å². The molecule has 3 nitrogen and oxygen atoms in total. The molecule has 1 aromatic rings. The second-order valence-electron chi connectivity index (χ2n) is 2.30. The van der Waals surface area contributed by atoms with Crippen molar-refractivity contribution in [2.45, 2.75) is 4.90 Å². The smallest absolute Gasteiger partial charge is 0.340 e. The number of benzene rings is 1. The maximum absolute atomic E-state index is 11.2. The van der Waals surface area contributed by atoms with Crippen molar-refractivity contribution in [2.75, 3.05) is 7.11 Å². The molecule has 0 aliphatic rings. The number of esters is 1. The van der Waals surface area contributed by atoms with Crippen molar-refractivity contribution in [3.05, 3.63) is 29.3 Å². The van der Waals surface area contributed by atoms with Crippen molar-refractivity contribution >= 4 is 18.6 Å². The number of hydrogen-bond donors (Lipinski definition) is 1. The minimum atomic E-state index is -0.540. The SMILES string of the molecule is COC(=O)c1c(S)cccc1C#N. The molecule has 0 fully saturated rings. The predicted molar refractivity (Wildman–Crippen MR) is 49.7 cm³/mol. The van der Waals surface area contributed by atoms with Crippen LogP contribution in [0.2, 0.25) is 0 Å². The van der Waals surface area contributed by atoms with Crippen LogP contribution in [0.15, 0.2) is 23.1 Å². The minimum absolute atomic E-state index is 0.218. The second kappa shape index (κ2) is 3.97. The van der Waals surface area contributed by atoms with Crippen LogP contribution >= 0.6 is 12.6 Å². The first-order valence-electron chi connectivity index (χ1n) is 3.51. The molecule has 0 saturated heterocycles. The molecule has 0 bridgehead atoms. The van der Waals surface area contributed by atoms with Crippen LogP contribution in [0.25, 0.3) is 0 Å². The molecule has 0 saturated carbocycles. The van der Waals surface area contributed by atoms with Crippen LogP contribution in [-0.4, -0.2) is 13.1 Å². The van der Waals surface area contributed by atoms with E-state index in [4.69, 9.17) is 5.26 Å². The zero-order valence-corrected chi connectivity index (χ0v) is 7.84. The Morgan fingerprint density at radius 1 is 1.62 bits per heavy atom. The van der Waals surface area contributed by atoms with Gasteiger partial charge in [0.1, 0.15) is 6.07 Å². The number of rotatable bonds is 1. The highest BCUT2D eigenvalue weighted by molar-refractivity contribution is 7.80. The molecule has 0 heterocycles. The monoisotopic (exact) mass is 193 g/mol. The molecule has 66 valence electrons. The van der Waals surface area contributed by atoms with E-state index in [1.807, 2.05) is 6.07 Å². The molecule has 0 spiro atoms. The third kappa shape index (κ3) is 1.82. The maximum Gasteiger partial charge on any atom is 0.340 e. The van der Waals surface area contributed by atoms with Crippen LogP contribution in [0, 0.1) is 11.3 Å². The standard InChI is InChI=1S/C9H7NO2S/c1-12-9(11)8-6(5-10)3-2-4-7(8)13/h2-4,13H,1H3. The lowest BCUT2D eigenvalue weighted by Gasteiger charge is -2.03. The summed E-state index contributed by atoms with van der Waals surface area (Å²) in [5, 5.41) is 8.70. The minimum Gasteiger partial charge on any atom is -0.465 e. The first-order valence-corrected chi connectivity index (χ1v) is 3.95. The topological polar surface area (TPSA) is 50.1 Å². The van der Waals surface area contributed by atoms with E-state index in [2.05, 4.69) is 17.4 Å². The van der Waals surface area contributed by atoms with E-state index in [1.54, 1.807) is 18.2 Å². The molecule has 1 rings (SSSR count). The van der Waals surface area contributed by atoms with Gasteiger partial charge in [0.25, 0.3) is 0 Å². The number of hydrogen-bond acceptors (Lipinski definition) is 4. The predicted octanol–water partition coefficient (Wildman–Crippen LogP) is 1.63. The summed E-state index contributed by atoms with van der Waals surface area (Å²) >= 11 is 4.06. The average molecular weight is 193 g/mol. The van der Waals surface area contributed by atoms with Gasteiger partial charge in [-0.15, -0.1) is 12.6 Å². The fraction of sp³-hybridized carbons (Fsp3) is 0.111. The first-order chi connectivity index (χ1) is 6.20. The van der Waals surface area contributed by atoms with Gasteiger partial charge in [-0.1, -0.05) is 6.07 Å². The summed E-state index contributed by atoms with van der Waals surface area (Å²) < 4.78 is 4.52. The van der Waals surface area contributed by atoms with Crippen LogP contribution in [-0.2, 0) is 4.74 Å². The van der Waals surface area contributed by atoms with Gasteiger partial charge >= 0.3 is 5.97 Å². The van der Waals surface area contributed by atoms with E-state index < -0.39 is 5.97 Å². The van der Waals surface area contributed by atoms with Crippen molar-refractivity contribution in [1.82, 2.24) is 0 Å². The maximum atomic E-state index is 11.2.